The van der Waals surface area contributed by atoms with Crippen molar-refractivity contribution in [3.63, 3.8) is 0 Å². The second-order valence-corrected chi connectivity index (χ2v) is 7.49. The predicted octanol–water partition coefficient (Wildman–Crippen LogP) is -0.0352. The van der Waals surface area contributed by atoms with E-state index in [4.69, 9.17) is 9.79 Å². The standard InChI is InChI=1S/C14H22N5O6P/c1-25-11(20)3-2-4-18(7-8-26(22,23)24)5-6-19-10-17-12-13(19)15-9-16-14(12)21/h9-10H,2-8H2,1H3,(H,15,16,21)(H2,22,23,24). The molecule has 0 aliphatic heterocycles. The zero-order valence-electron chi connectivity index (χ0n) is 14.4. The van der Waals surface area contributed by atoms with Crippen molar-refractivity contribution < 1.29 is 29.0 Å². The van der Waals surface area contributed by atoms with Crippen LogP contribution >= 0.6 is 7.60 Å². The number of nitrogens with zero attached hydrogens (tertiary/aromatic N) is 5. The van der Waals surface area contributed by atoms with Gasteiger partial charge >= 0.3 is 13.6 Å². The van der Waals surface area contributed by atoms with Crippen LogP contribution in [0.4, 0.5) is 0 Å². The van der Waals surface area contributed by atoms with Crippen LogP contribution in [0.5, 0.6) is 5.88 Å². The molecule has 0 unspecified atom stereocenters. The van der Waals surface area contributed by atoms with Crippen LogP contribution in [-0.4, -0.2) is 78.2 Å². The van der Waals surface area contributed by atoms with Crippen LogP contribution in [0.15, 0.2) is 12.7 Å². The third-order valence-electron chi connectivity index (χ3n) is 3.83. The molecule has 2 aromatic rings. The molecule has 11 nitrogen and oxygen atoms in total. The molecule has 144 valence electrons. The maximum Gasteiger partial charge on any atom is 0.326 e. The number of aromatic hydroxyl groups is 1. The quantitative estimate of drug-likeness (QED) is 0.374. The van der Waals surface area contributed by atoms with Crippen molar-refractivity contribution in [2.45, 2.75) is 19.4 Å². The molecule has 0 amide bonds. The van der Waals surface area contributed by atoms with Crippen LogP contribution in [0.25, 0.3) is 11.2 Å². The lowest BCUT2D eigenvalue weighted by Crippen LogP contribution is -2.31. The summed E-state index contributed by atoms with van der Waals surface area (Å²) in [5.74, 6) is -0.530. The molecule has 0 saturated heterocycles. The molecule has 0 spiro atoms. The first-order chi connectivity index (χ1) is 12.3. The van der Waals surface area contributed by atoms with E-state index in [2.05, 4.69) is 19.7 Å². The third kappa shape index (κ3) is 6.03. The van der Waals surface area contributed by atoms with E-state index in [1.165, 1.54) is 19.8 Å². The summed E-state index contributed by atoms with van der Waals surface area (Å²) in [4.78, 5) is 43.1. The number of imidazole rings is 1. The number of hydrogen-bond acceptors (Lipinski definition) is 8. The van der Waals surface area contributed by atoms with Crippen molar-refractivity contribution >= 4 is 24.7 Å². The topological polar surface area (TPSA) is 151 Å². The Labute approximate surface area is 149 Å². The summed E-state index contributed by atoms with van der Waals surface area (Å²) in [6, 6.07) is 0. The summed E-state index contributed by atoms with van der Waals surface area (Å²) in [6.45, 7) is 1.60. The van der Waals surface area contributed by atoms with E-state index in [1.807, 2.05) is 4.90 Å². The Bertz CT molecular complexity index is 791. The van der Waals surface area contributed by atoms with Gasteiger partial charge in [-0.25, -0.2) is 9.97 Å². The number of fused-ring (bicyclic) bond motifs is 1. The maximum atomic E-state index is 11.2. The van der Waals surface area contributed by atoms with E-state index in [-0.39, 0.29) is 31.0 Å². The van der Waals surface area contributed by atoms with Crippen LogP contribution < -0.4 is 0 Å². The molecule has 0 bridgehead atoms. The van der Waals surface area contributed by atoms with Crippen LogP contribution in [-0.2, 0) is 20.6 Å². The second kappa shape index (κ2) is 9.04. The Balaban J connectivity index is 1.98. The molecule has 2 rings (SSSR count). The molecule has 0 aliphatic rings. The SMILES string of the molecule is COC(=O)CCCN(CCn1cnc2c(O)ncnc21)CCP(=O)(O)O. The van der Waals surface area contributed by atoms with Gasteiger partial charge in [-0.2, -0.15) is 4.98 Å². The number of rotatable bonds is 10. The fourth-order valence-corrected chi connectivity index (χ4v) is 2.98. The molecular formula is C14H22N5O6P. The fraction of sp³-hybridized carbons (Fsp3) is 0.571. The molecule has 26 heavy (non-hydrogen) atoms. The van der Waals surface area contributed by atoms with Crippen molar-refractivity contribution in [1.29, 1.82) is 0 Å². The first kappa shape index (κ1) is 20.2. The minimum Gasteiger partial charge on any atom is -0.492 e. The highest BCUT2D eigenvalue weighted by molar-refractivity contribution is 7.51. The Hall–Kier alpha value is -2.07. The zero-order valence-corrected chi connectivity index (χ0v) is 15.2. The summed E-state index contributed by atoms with van der Waals surface area (Å²) in [5, 5.41) is 9.66. The Kier molecular flexibility index (Phi) is 7.04. The predicted molar refractivity (Wildman–Crippen MR) is 91.6 cm³/mol. The van der Waals surface area contributed by atoms with E-state index in [1.54, 1.807) is 4.57 Å². The number of carbonyl (C=O) groups excluding carboxylic acids is 1. The summed E-state index contributed by atoms with van der Waals surface area (Å²) in [5.41, 5.74) is 0.766. The highest BCUT2D eigenvalue weighted by Gasteiger charge is 2.17. The molecule has 0 aliphatic carbocycles. The lowest BCUT2D eigenvalue weighted by molar-refractivity contribution is -0.140. The Morgan fingerprint density at radius 1 is 1.27 bits per heavy atom. The highest BCUT2D eigenvalue weighted by Crippen LogP contribution is 2.33. The molecule has 0 saturated carbocycles. The number of carbonyl (C=O) groups is 1. The normalized spacial score (nSPS) is 12.0. The zero-order chi connectivity index (χ0) is 19.2. The summed E-state index contributed by atoms with van der Waals surface area (Å²) in [7, 11) is -2.80. The first-order valence-electron chi connectivity index (χ1n) is 7.98. The average Bonchev–Trinajstić information content (AvgIpc) is 3.00. The number of hydrogen-bond donors (Lipinski definition) is 3. The molecule has 2 aromatic heterocycles. The van der Waals surface area contributed by atoms with Gasteiger partial charge < -0.3 is 29.1 Å². The first-order valence-corrected chi connectivity index (χ1v) is 9.78. The number of ether oxygens (including phenoxy) is 1. The smallest absolute Gasteiger partial charge is 0.326 e. The van der Waals surface area contributed by atoms with Crippen molar-refractivity contribution in [3.8, 4) is 5.88 Å². The van der Waals surface area contributed by atoms with E-state index in [9.17, 15) is 14.5 Å². The van der Waals surface area contributed by atoms with Gasteiger partial charge in [0.2, 0.25) is 5.88 Å². The molecule has 3 N–H and O–H groups in total. The molecule has 2 heterocycles. The summed E-state index contributed by atoms with van der Waals surface area (Å²) >= 11 is 0. The van der Waals surface area contributed by atoms with E-state index in [0.717, 1.165) is 0 Å². The second-order valence-electron chi connectivity index (χ2n) is 5.72. The van der Waals surface area contributed by atoms with Gasteiger partial charge in [0.25, 0.3) is 0 Å². The van der Waals surface area contributed by atoms with Gasteiger partial charge in [-0.05, 0) is 13.0 Å². The Morgan fingerprint density at radius 3 is 2.73 bits per heavy atom. The minimum absolute atomic E-state index is 0.193. The van der Waals surface area contributed by atoms with Gasteiger partial charge in [-0.3, -0.25) is 9.36 Å². The van der Waals surface area contributed by atoms with Crippen molar-refractivity contribution in [2.75, 3.05) is 32.9 Å². The molecular weight excluding hydrogens is 365 g/mol. The average molecular weight is 387 g/mol. The van der Waals surface area contributed by atoms with Crippen LogP contribution in [0.2, 0.25) is 0 Å². The van der Waals surface area contributed by atoms with Crippen molar-refractivity contribution in [1.82, 2.24) is 24.4 Å². The van der Waals surface area contributed by atoms with Crippen molar-refractivity contribution in [2.24, 2.45) is 0 Å². The number of aromatic nitrogens is 4. The monoisotopic (exact) mass is 387 g/mol. The van der Waals surface area contributed by atoms with Gasteiger partial charge in [-0.15, -0.1) is 0 Å². The largest absolute Gasteiger partial charge is 0.492 e. The van der Waals surface area contributed by atoms with Gasteiger partial charge in [0.05, 0.1) is 19.6 Å². The van der Waals surface area contributed by atoms with Gasteiger partial charge in [-0.1, -0.05) is 0 Å². The third-order valence-corrected chi connectivity index (χ3v) is 4.61. The van der Waals surface area contributed by atoms with Gasteiger partial charge in [0, 0.05) is 26.1 Å². The van der Waals surface area contributed by atoms with Crippen LogP contribution in [0, 0.1) is 0 Å². The van der Waals surface area contributed by atoms with Gasteiger partial charge in [0.15, 0.2) is 11.2 Å². The lowest BCUT2D eigenvalue weighted by atomic mass is 10.3. The van der Waals surface area contributed by atoms with E-state index >= 15 is 0 Å². The number of esters is 1. The molecule has 0 atom stereocenters. The number of methoxy groups -OCH3 is 1. The van der Waals surface area contributed by atoms with Gasteiger partial charge in [0.1, 0.15) is 6.33 Å². The highest BCUT2D eigenvalue weighted by atomic mass is 31.2. The van der Waals surface area contributed by atoms with E-state index < -0.39 is 7.60 Å². The fourth-order valence-electron chi connectivity index (χ4n) is 2.44. The lowest BCUT2D eigenvalue weighted by Gasteiger charge is -2.22. The molecule has 0 radical (unpaired) electrons. The van der Waals surface area contributed by atoms with E-state index in [0.29, 0.717) is 37.2 Å². The summed E-state index contributed by atoms with van der Waals surface area (Å²) in [6.07, 6.45) is 3.24. The molecule has 0 aromatic carbocycles. The molecule has 0 fully saturated rings. The molecule has 12 heteroatoms. The van der Waals surface area contributed by atoms with Crippen LogP contribution in [0.1, 0.15) is 12.8 Å². The van der Waals surface area contributed by atoms with Crippen molar-refractivity contribution in [3.05, 3.63) is 12.7 Å². The minimum atomic E-state index is -4.11. The Morgan fingerprint density at radius 2 is 2.04 bits per heavy atom. The summed E-state index contributed by atoms with van der Waals surface area (Å²) < 4.78 is 17.5. The van der Waals surface area contributed by atoms with Crippen LogP contribution in [0.3, 0.4) is 0 Å². The maximum absolute atomic E-state index is 11.2.